The van der Waals surface area contributed by atoms with Crippen LogP contribution in [-0.2, 0) is 16.0 Å². The summed E-state index contributed by atoms with van der Waals surface area (Å²) in [5.41, 5.74) is 4.30. The molecule has 7 nitrogen and oxygen atoms in total. The van der Waals surface area contributed by atoms with Gasteiger partial charge in [0.1, 0.15) is 16.9 Å². The van der Waals surface area contributed by atoms with Gasteiger partial charge < -0.3 is 19.3 Å². The number of benzene rings is 3. The predicted molar refractivity (Wildman–Crippen MR) is 141 cm³/mol. The molecule has 5 aromatic rings. The molecule has 0 fully saturated rings. The molecule has 37 heavy (non-hydrogen) atoms. The standard InChI is InChI=1S/C30H25NO6/c1-16-21-14-23-25(19-10-6-4-7-11-19)18(3)36-28(23)17(2)27(21)37-30(35)22(16)15-24(32)31-26(29(33)34)20-12-8-5-9-13-20/h4-14,26H,15H2,1-3H3,(H,31,32)(H,33,34). The molecule has 0 aliphatic carbocycles. The van der Waals surface area contributed by atoms with Crippen LogP contribution in [-0.4, -0.2) is 17.0 Å². The molecule has 2 heterocycles. The van der Waals surface area contributed by atoms with Gasteiger partial charge in [0.05, 0.1) is 12.0 Å². The number of aryl methyl sites for hydroxylation is 3. The molecule has 5 rings (SSSR count). The van der Waals surface area contributed by atoms with Crippen LogP contribution in [0.4, 0.5) is 0 Å². The van der Waals surface area contributed by atoms with Crippen molar-refractivity contribution in [1.82, 2.24) is 5.32 Å². The summed E-state index contributed by atoms with van der Waals surface area (Å²) in [6.45, 7) is 5.51. The SMILES string of the molecule is Cc1oc2c(C)c3oc(=O)c(CC(=O)NC(C(=O)O)c4ccccc4)c(C)c3cc2c1-c1ccccc1. The lowest BCUT2D eigenvalue weighted by molar-refractivity contribution is -0.142. The summed E-state index contributed by atoms with van der Waals surface area (Å²) in [6.07, 6.45) is -0.312. The topological polar surface area (TPSA) is 110 Å². The van der Waals surface area contributed by atoms with Gasteiger partial charge in [0.2, 0.25) is 5.91 Å². The quantitative estimate of drug-likeness (QED) is 0.296. The lowest BCUT2D eigenvalue weighted by Gasteiger charge is -2.15. The number of carboxylic acid groups (broad SMARTS) is 1. The highest BCUT2D eigenvalue weighted by Gasteiger charge is 2.25. The van der Waals surface area contributed by atoms with Crippen LogP contribution in [0.3, 0.4) is 0 Å². The van der Waals surface area contributed by atoms with Crippen LogP contribution in [0.15, 0.2) is 80.4 Å². The van der Waals surface area contributed by atoms with Gasteiger partial charge >= 0.3 is 11.6 Å². The maximum absolute atomic E-state index is 13.0. The number of amides is 1. The van der Waals surface area contributed by atoms with Crippen LogP contribution in [0.1, 0.15) is 34.1 Å². The minimum Gasteiger partial charge on any atom is -0.479 e. The maximum Gasteiger partial charge on any atom is 0.340 e. The molecule has 7 heteroatoms. The fourth-order valence-electron chi connectivity index (χ4n) is 4.85. The molecule has 0 saturated heterocycles. The van der Waals surface area contributed by atoms with Crippen molar-refractivity contribution in [2.24, 2.45) is 0 Å². The molecule has 2 N–H and O–H groups in total. The average Bonchev–Trinajstić information content (AvgIpc) is 3.23. The third kappa shape index (κ3) is 4.29. The highest BCUT2D eigenvalue weighted by Crippen LogP contribution is 2.39. The minimum atomic E-state index is -1.23. The van der Waals surface area contributed by atoms with Crippen LogP contribution < -0.4 is 10.9 Å². The van der Waals surface area contributed by atoms with E-state index in [2.05, 4.69) is 5.32 Å². The Bertz CT molecular complexity index is 1710. The first kappa shape index (κ1) is 24.1. The number of carboxylic acids is 1. The number of nitrogens with one attached hydrogen (secondary N) is 1. The normalized spacial score (nSPS) is 12.1. The molecule has 186 valence electrons. The number of aliphatic carboxylic acids is 1. The molecule has 1 atom stereocenters. The van der Waals surface area contributed by atoms with E-state index in [-0.39, 0.29) is 12.0 Å². The van der Waals surface area contributed by atoms with Crippen LogP contribution in [0.25, 0.3) is 33.1 Å². The van der Waals surface area contributed by atoms with E-state index in [4.69, 9.17) is 8.83 Å². The highest BCUT2D eigenvalue weighted by molar-refractivity contribution is 6.06. The van der Waals surface area contributed by atoms with E-state index in [0.29, 0.717) is 33.2 Å². The number of carbonyl (C=O) groups is 2. The summed E-state index contributed by atoms with van der Waals surface area (Å²) in [4.78, 5) is 37.7. The molecule has 0 spiro atoms. The van der Waals surface area contributed by atoms with Crippen molar-refractivity contribution in [2.45, 2.75) is 33.2 Å². The van der Waals surface area contributed by atoms with Crippen molar-refractivity contribution in [1.29, 1.82) is 0 Å². The van der Waals surface area contributed by atoms with Gasteiger partial charge in [-0.3, -0.25) is 4.79 Å². The van der Waals surface area contributed by atoms with Crippen molar-refractivity contribution in [3.05, 3.63) is 105 Å². The number of carbonyl (C=O) groups excluding carboxylic acids is 1. The number of hydrogen-bond donors (Lipinski definition) is 2. The fraction of sp³-hybridized carbons (Fsp3) is 0.167. The van der Waals surface area contributed by atoms with Crippen molar-refractivity contribution in [3.8, 4) is 11.1 Å². The Balaban J connectivity index is 1.58. The van der Waals surface area contributed by atoms with Gasteiger partial charge in [0.25, 0.3) is 0 Å². The zero-order valence-electron chi connectivity index (χ0n) is 20.6. The number of rotatable bonds is 6. The zero-order valence-corrected chi connectivity index (χ0v) is 20.6. The lowest BCUT2D eigenvalue weighted by atomic mass is 9.96. The molecule has 0 aliphatic heterocycles. The smallest absolute Gasteiger partial charge is 0.340 e. The molecule has 1 unspecified atom stereocenters. The van der Waals surface area contributed by atoms with Crippen molar-refractivity contribution < 1.29 is 23.5 Å². The van der Waals surface area contributed by atoms with E-state index in [0.717, 1.165) is 22.3 Å². The van der Waals surface area contributed by atoms with Gasteiger partial charge in [-0.1, -0.05) is 60.7 Å². The Hall–Kier alpha value is -4.65. The second kappa shape index (κ2) is 9.43. The third-order valence-corrected chi connectivity index (χ3v) is 6.72. The molecule has 0 radical (unpaired) electrons. The van der Waals surface area contributed by atoms with E-state index in [1.807, 2.05) is 50.2 Å². The van der Waals surface area contributed by atoms with Gasteiger partial charge in [-0.15, -0.1) is 0 Å². The molecule has 2 aromatic heterocycles. The molecular formula is C30H25NO6. The maximum atomic E-state index is 13.0. The highest BCUT2D eigenvalue weighted by atomic mass is 16.4. The number of hydrogen-bond acceptors (Lipinski definition) is 5. The summed E-state index contributed by atoms with van der Waals surface area (Å²) < 4.78 is 11.8. The Morgan fingerprint density at radius 2 is 1.49 bits per heavy atom. The molecule has 3 aromatic carbocycles. The van der Waals surface area contributed by atoms with Gasteiger partial charge in [-0.25, -0.2) is 9.59 Å². The van der Waals surface area contributed by atoms with Crippen molar-refractivity contribution >= 4 is 33.8 Å². The van der Waals surface area contributed by atoms with Crippen molar-refractivity contribution in [3.63, 3.8) is 0 Å². The lowest BCUT2D eigenvalue weighted by Crippen LogP contribution is -2.35. The number of fused-ring (bicyclic) bond motifs is 2. The monoisotopic (exact) mass is 495 g/mol. The Labute approximate surface area is 212 Å². The summed E-state index contributed by atoms with van der Waals surface area (Å²) in [5.74, 6) is -1.03. The van der Waals surface area contributed by atoms with Gasteiger partial charge in [0.15, 0.2) is 6.04 Å². The Morgan fingerprint density at radius 1 is 0.865 bits per heavy atom. The van der Waals surface area contributed by atoms with E-state index in [1.54, 1.807) is 37.3 Å². The summed E-state index contributed by atoms with van der Waals surface area (Å²) in [5, 5.41) is 13.7. The Kier molecular flexibility index (Phi) is 6.13. The molecular weight excluding hydrogens is 470 g/mol. The van der Waals surface area contributed by atoms with Crippen LogP contribution >= 0.6 is 0 Å². The minimum absolute atomic E-state index is 0.183. The molecule has 0 bridgehead atoms. The van der Waals surface area contributed by atoms with Crippen LogP contribution in [0, 0.1) is 20.8 Å². The second-order valence-electron chi connectivity index (χ2n) is 9.07. The Morgan fingerprint density at radius 3 is 2.14 bits per heavy atom. The zero-order chi connectivity index (χ0) is 26.3. The first-order chi connectivity index (χ1) is 17.8. The summed E-state index contributed by atoms with van der Waals surface area (Å²) in [6, 6.07) is 19.0. The first-order valence-corrected chi connectivity index (χ1v) is 11.9. The van der Waals surface area contributed by atoms with E-state index >= 15 is 0 Å². The molecule has 0 aliphatic rings. The fourth-order valence-corrected chi connectivity index (χ4v) is 4.85. The molecule has 0 saturated carbocycles. The van der Waals surface area contributed by atoms with Crippen molar-refractivity contribution in [2.75, 3.05) is 0 Å². The van der Waals surface area contributed by atoms with E-state index in [1.165, 1.54) is 0 Å². The molecule has 1 amide bonds. The first-order valence-electron chi connectivity index (χ1n) is 11.9. The summed E-state index contributed by atoms with van der Waals surface area (Å²) in [7, 11) is 0. The summed E-state index contributed by atoms with van der Waals surface area (Å²) >= 11 is 0. The van der Waals surface area contributed by atoms with Gasteiger partial charge in [-0.2, -0.15) is 0 Å². The number of furan rings is 1. The average molecular weight is 496 g/mol. The van der Waals surface area contributed by atoms with Crippen LogP contribution in [0.2, 0.25) is 0 Å². The van der Waals surface area contributed by atoms with E-state index in [9.17, 15) is 19.5 Å². The van der Waals surface area contributed by atoms with Crippen LogP contribution in [0.5, 0.6) is 0 Å². The van der Waals surface area contributed by atoms with Gasteiger partial charge in [-0.05, 0) is 43.5 Å². The van der Waals surface area contributed by atoms with Gasteiger partial charge in [0, 0.05) is 21.9 Å². The third-order valence-electron chi connectivity index (χ3n) is 6.72. The second-order valence-corrected chi connectivity index (χ2v) is 9.07. The largest absolute Gasteiger partial charge is 0.479 e. The predicted octanol–water partition coefficient (Wildman–Crippen LogP) is 5.62. The van der Waals surface area contributed by atoms with E-state index < -0.39 is 23.5 Å².